The van der Waals surface area contributed by atoms with Gasteiger partial charge in [0, 0.05) is 12.2 Å². The van der Waals surface area contributed by atoms with E-state index in [1.807, 2.05) is 0 Å². The summed E-state index contributed by atoms with van der Waals surface area (Å²) in [6.45, 7) is 0.478. The van der Waals surface area contributed by atoms with E-state index in [2.05, 4.69) is 10.1 Å². The fraction of sp³-hybridized carbons (Fsp3) is 0.278. The zero-order valence-electron chi connectivity index (χ0n) is 14.0. The third-order valence-corrected chi connectivity index (χ3v) is 4.52. The lowest BCUT2D eigenvalue weighted by Gasteiger charge is -2.23. The van der Waals surface area contributed by atoms with E-state index < -0.39 is 12.0 Å². The highest BCUT2D eigenvalue weighted by atomic mass is 35.5. The van der Waals surface area contributed by atoms with Gasteiger partial charge in [-0.2, -0.15) is 0 Å². The second kappa shape index (κ2) is 7.61. The van der Waals surface area contributed by atoms with Crippen molar-refractivity contribution in [1.29, 1.82) is 0 Å². The van der Waals surface area contributed by atoms with Crippen LogP contribution in [0.1, 0.15) is 33.8 Å². The summed E-state index contributed by atoms with van der Waals surface area (Å²) in [4.78, 5) is 38.3. The number of halogens is 1. The predicted octanol–water partition coefficient (Wildman–Crippen LogP) is 2.96. The molecule has 0 aliphatic carbocycles. The van der Waals surface area contributed by atoms with E-state index in [0.29, 0.717) is 18.7 Å². The van der Waals surface area contributed by atoms with Gasteiger partial charge in [-0.25, -0.2) is 4.79 Å². The molecule has 0 spiro atoms. The number of hydrogen-bond donors (Lipinski definition) is 1. The number of carbonyl (C=O) groups is 3. The second-order valence-electron chi connectivity index (χ2n) is 5.81. The van der Waals surface area contributed by atoms with E-state index in [0.717, 1.165) is 6.42 Å². The van der Waals surface area contributed by atoms with Crippen molar-refractivity contribution >= 4 is 35.1 Å². The number of methoxy groups -OCH3 is 1. The molecule has 3 rings (SSSR count). The summed E-state index contributed by atoms with van der Waals surface area (Å²) in [5.41, 5.74) is 0.555. The molecule has 1 fully saturated rings. The number of nitrogens with one attached hydrogen (secondary N) is 1. The fourth-order valence-corrected chi connectivity index (χ4v) is 3.11. The Morgan fingerprint density at radius 3 is 2.81 bits per heavy atom. The minimum absolute atomic E-state index is 0.155. The maximum Gasteiger partial charge on any atom is 0.339 e. The number of rotatable bonds is 4. The molecular weight excluding hydrogens is 360 g/mol. The molecule has 1 saturated heterocycles. The molecule has 136 valence electrons. The van der Waals surface area contributed by atoms with Gasteiger partial charge in [-0.15, -0.1) is 0 Å². The number of nitrogens with zero attached hydrogens (tertiary/aromatic N) is 1. The summed E-state index contributed by atoms with van der Waals surface area (Å²) < 4.78 is 9.80. The van der Waals surface area contributed by atoms with Gasteiger partial charge in [0.2, 0.25) is 5.91 Å². The molecule has 0 bridgehead atoms. The first kappa shape index (κ1) is 18.0. The zero-order chi connectivity index (χ0) is 18.7. The summed E-state index contributed by atoms with van der Waals surface area (Å²) >= 11 is 5.98. The van der Waals surface area contributed by atoms with Gasteiger partial charge >= 0.3 is 5.97 Å². The van der Waals surface area contributed by atoms with Gasteiger partial charge in [-0.3, -0.25) is 9.59 Å². The molecule has 0 saturated carbocycles. The summed E-state index contributed by atoms with van der Waals surface area (Å²) in [5, 5.41) is 2.96. The number of ether oxygens (including phenoxy) is 1. The molecule has 1 aliphatic heterocycles. The lowest BCUT2D eigenvalue weighted by Crippen LogP contribution is -2.43. The van der Waals surface area contributed by atoms with Crippen LogP contribution in [0.25, 0.3) is 0 Å². The van der Waals surface area contributed by atoms with Gasteiger partial charge in [0.05, 0.1) is 24.0 Å². The number of esters is 1. The molecule has 1 aliphatic rings. The monoisotopic (exact) mass is 376 g/mol. The normalized spacial score (nSPS) is 16.4. The Hall–Kier alpha value is -2.80. The number of likely N-dealkylation sites (tertiary alicyclic amines) is 1. The maximum absolute atomic E-state index is 12.7. The summed E-state index contributed by atoms with van der Waals surface area (Å²) in [6.07, 6.45) is 2.69. The van der Waals surface area contributed by atoms with Gasteiger partial charge in [-0.1, -0.05) is 11.6 Å². The Morgan fingerprint density at radius 1 is 1.31 bits per heavy atom. The molecule has 2 amide bonds. The molecule has 1 aromatic carbocycles. The molecule has 8 heteroatoms. The Morgan fingerprint density at radius 2 is 2.12 bits per heavy atom. The second-order valence-corrected chi connectivity index (χ2v) is 6.22. The fourth-order valence-electron chi connectivity index (χ4n) is 2.92. The molecule has 7 nitrogen and oxygen atoms in total. The first-order valence-corrected chi connectivity index (χ1v) is 8.42. The standard InChI is InChI=1S/C18H17ClN2O5/c1-25-18(24)12-10-11(6-7-13(12)19)20-16(22)14-4-2-8-21(14)17(23)15-5-3-9-26-15/h3,5-7,9-10,14H,2,4,8H2,1H3,(H,20,22)/t14-/m0/s1. The van der Waals surface area contributed by atoms with Crippen molar-refractivity contribution in [2.75, 3.05) is 19.0 Å². The highest BCUT2D eigenvalue weighted by Crippen LogP contribution is 2.24. The highest BCUT2D eigenvalue weighted by molar-refractivity contribution is 6.33. The lowest BCUT2D eigenvalue weighted by atomic mass is 10.1. The molecule has 26 heavy (non-hydrogen) atoms. The molecule has 2 heterocycles. The van der Waals surface area contributed by atoms with Crippen molar-refractivity contribution in [2.45, 2.75) is 18.9 Å². The number of furan rings is 1. The van der Waals surface area contributed by atoms with Crippen molar-refractivity contribution in [1.82, 2.24) is 4.90 Å². The van der Waals surface area contributed by atoms with Gasteiger partial charge in [-0.05, 0) is 43.2 Å². The first-order valence-electron chi connectivity index (χ1n) is 8.04. The average molecular weight is 377 g/mol. The minimum Gasteiger partial charge on any atom is -0.465 e. The molecule has 1 atom stereocenters. The Balaban J connectivity index is 1.75. The number of anilines is 1. The Kier molecular flexibility index (Phi) is 5.27. The van der Waals surface area contributed by atoms with Crippen molar-refractivity contribution in [3.8, 4) is 0 Å². The van der Waals surface area contributed by atoms with Crippen LogP contribution < -0.4 is 5.32 Å². The molecule has 1 aromatic heterocycles. The molecule has 0 radical (unpaired) electrons. The van der Waals surface area contributed by atoms with E-state index in [-0.39, 0.29) is 28.2 Å². The van der Waals surface area contributed by atoms with Crippen LogP contribution in [0.2, 0.25) is 5.02 Å². The van der Waals surface area contributed by atoms with Crippen LogP contribution in [0.3, 0.4) is 0 Å². The van der Waals surface area contributed by atoms with Crippen molar-refractivity contribution < 1.29 is 23.5 Å². The van der Waals surface area contributed by atoms with E-state index >= 15 is 0 Å². The molecule has 1 N–H and O–H groups in total. The number of carbonyl (C=O) groups excluding carboxylic acids is 3. The Labute approximate surface area is 154 Å². The van der Waals surface area contributed by atoms with Gasteiger partial charge in [0.15, 0.2) is 5.76 Å². The first-order chi connectivity index (χ1) is 12.5. The van der Waals surface area contributed by atoms with Crippen LogP contribution in [-0.4, -0.2) is 42.4 Å². The Bertz CT molecular complexity index is 834. The van der Waals surface area contributed by atoms with Crippen LogP contribution in [-0.2, 0) is 9.53 Å². The van der Waals surface area contributed by atoms with Crippen LogP contribution in [0.5, 0.6) is 0 Å². The van der Waals surface area contributed by atoms with Gasteiger partial charge < -0.3 is 19.4 Å². The van der Waals surface area contributed by atoms with Crippen molar-refractivity contribution in [2.24, 2.45) is 0 Å². The SMILES string of the molecule is COC(=O)c1cc(NC(=O)[C@@H]2CCCN2C(=O)c2ccco2)ccc1Cl. The maximum atomic E-state index is 12.7. The van der Waals surface area contributed by atoms with E-state index in [1.54, 1.807) is 18.2 Å². The number of benzene rings is 1. The van der Waals surface area contributed by atoms with Gasteiger partial charge in [0.25, 0.3) is 5.91 Å². The third kappa shape index (κ3) is 3.57. The van der Waals surface area contributed by atoms with E-state index in [9.17, 15) is 14.4 Å². The summed E-state index contributed by atoms with van der Waals surface area (Å²) in [7, 11) is 1.25. The van der Waals surface area contributed by atoms with E-state index in [4.69, 9.17) is 16.0 Å². The molecule has 0 unspecified atom stereocenters. The zero-order valence-corrected chi connectivity index (χ0v) is 14.8. The highest BCUT2D eigenvalue weighted by Gasteiger charge is 2.35. The lowest BCUT2D eigenvalue weighted by molar-refractivity contribution is -0.119. The number of hydrogen-bond acceptors (Lipinski definition) is 5. The van der Waals surface area contributed by atoms with Crippen LogP contribution >= 0.6 is 11.6 Å². The third-order valence-electron chi connectivity index (χ3n) is 4.19. The van der Waals surface area contributed by atoms with E-state index in [1.165, 1.54) is 30.4 Å². The summed E-state index contributed by atoms with van der Waals surface area (Å²) in [5.74, 6) is -1.05. The summed E-state index contributed by atoms with van der Waals surface area (Å²) in [6, 6.07) is 7.12. The average Bonchev–Trinajstić information content (AvgIpc) is 3.33. The van der Waals surface area contributed by atoms with Crippen molar-refractivity contribution in [3.63, 3.8) is 0 Å². The topological polar surface area (TPSA) is 88.9 Å². The predicted molar refractivity (Wildman–Crippen MR) is 94.2 cm³/mol. The van der Waals surface area contributed by atoms with Crippen molar-refractivity contribution in [3.05, 3.63) is 52.9 Å². The number of amides is 2. The largest absolute Gasteiger partial charge is 0.465 e. The minimum atomic E-state index is -0.607. The van der Waals surface area contributed by atoms with Crippen LogP contribution in [0.15, 0.2) is 41.0 Å². The molecular formula is C18H17ClN2O5. The smallest absolute Gasteiger partial charge is 0.339 e. The van der Waals surface area contributed by atoms with Gasteiger partial charge in [0.1, 0.15) is 6.04 Å². The van der Waals surface area contributed by atoms with Crippen LogP contribution in [0.4, 0.5) is 5.69 Å². The molecule has 2 aromatic rings. The van der Waals surface area contributed by atoms with Crippen LogP contribution in [0, 0.1) is 0 Å². The quantitative estimate of drug-likeness (QED) is 0.829.